The Morgan fingerprint density at radius 3 is 2.70 bits per heavy atom. The average Bonchev–Trinajstić information content (AvgIpc) is 2.45. The van der Waals surface area contributed by atoms with E-state index in [0.717, 1.165) is 5.56 Å². The van der Waals surface area contributed by atoms with E-state index in [1.54, 1.807) is 12.3 Å². The molecule has 1 aromatic heterocycles. The van der Waals surface area contributed by atoms with Gasteiger partial charge >= 0.3 is 0 Å². The minimum Gasteiger partial charge on any atom is -0.345 e. The molecule has 0 spiro atoms. The first-order valence-corrected chi connectivity index (χ1v) is 7.80. The van der Waals surface area contributed by atoms with Crippen molar-refractivity contribution in [1.29, 1.82) is 0 Å². The van der Waals surface area contributed by atoms with Gasteiger partial charge in [-0.15, -0.1) is 0 Å². The summed E-state index contributed by atoms with van der Waals surface area (Å²) >= 11 is 5.76. The van der Waals surface area contributed by atoms with Crippen LogP contribution in [0.3, 0.4) is 0 Å². The van der Waals surface area contributed by atoms with E-state index < -0.39 is 6.04 Å². The number of aliphatic imine (C=N–C) groups is 1. The van der Waals surface area contributed by atoms with Crippen LogP contribution in [0.4, 0.5) is 0 Å². The maximum absolute atomic E-state index is 11.5. The third-order valence-corrected chi connectivity index (χ3v) is 4.10. The molecule has 1 aromatic rings. The number of pyridine rings is 1. The molecule has 0 radical (unpaired) electrons. The summed E-state index contributed by atoms with van der Waals surface area (Å²) in [4.78, 5) is 23.6. The van der Waals surface area contributed by atoms with E-state index in [1.807, 2.05) is 18.0 Å². The Balaban J connectivity index is 2.20. The maximum atomic E-state index is 11.5. The van der Waals surface area contributed by atoms with Gasteiger partial charge in [0.05, 0.1) is 19.8 Å². The zero-order valence-electron chi connectivity index (χ0n) is 13.9. The van der Waals surface area contributed by atoms with Crippen LogP contribution in [0, 0.1) is 10.1 Å². The molecule has 8 heteroatoms. The van der Waals surface area contributed by atoms with Crippen LogP contribution >= 0.6 is 11.6 Å². The van der Waals surface area contributed by atoms with Gasteiger partial charge in [-0.05, 0) is 32.4 Å². The zero-order valence-corrected chi connectivity index (χ0v) is 14.6. The smallest absolute Gasteiger partial charge is 0.281 e. The first-order chi connectivity index (χ1) is 10.7. The third-order valence-electron chi connectivity index (χ3n) is 3.88. The van der Waals surface area contributed by atoms with Crippen molar-refractivity contribution >= 4 is 17.4 Å². The van der Waals surface area contributed by atoms with Crippen molar-refractivity contribution in [2.75, 3.05) is 20.3 Å². The zero-order chi connectivity index (χ0) is 17.2. The highest BCUT2D eigenvalue weighted by molar-refractivity contribution is 6.29. The van der Waals surface area contributed by atoms with Gasteiger partial charge in [0.15, 0.2) is 5.84 Å². The summed E-state index contributed by atoms with van der Waals surface area (Å²) < 4.78 is 0. The second kappa shape index (κ2) is 6.80. The Bertz CT molecular complexity index is 597. The molecule has 1 saturated heterocycles. The Morgan fingerprint density at radius 1 is 1.48 bits per heavy atom. The molecule has 23 heavy (non-hydrogen) atoms. The van der Waals surface area contributed by atoms with E-state index in [0.29, 0.717) is 30.7 Å². The van der Waals surface area contributed by atoms with Crippen molar-refractivity contribution in [1.82, 2.24) is 14.8 Å². The molecule has 0 amide bonds. The van der Waals surface area contributed by atoms with Crippen LogP contribution in [-0.2, 0) is 6.54 Å². The molecule has 0 bridgehead atoms. The van der Waals surface area contributed by atoms with E-state index in [-0.39, 0.29) is 10.5 Å². The van der Waals surface area contributed by atoms with Crippen LogP contribution in [-0.4, -0.2) is 57.4 Å². The normalized spacial score (nSPS) is 21.7. The largest absolute Gasteiger partial charge is 0.345 e. The summed E-state index contributed by atoms with van der Waals surface area (Å²) in [6.45, 7) is 7.49. The van der Waals surface area contributed by atoms with E-state index in [2.05, 4.69) is 35.6 Å². The Hall–Kier alpha value is -1.73. The SMILES string of the molecule is CN1CN(C(C)(C)C)CC([N+](=O)[O-])C1=NCc1ccc(Cl)nc1. The Kier molecular flexibility index (Phi) is 5.21. The highest BCUT2D eigenvalue weighted by Gasteiger charge is 2.40. The molecule has 1 aliphatic heterocycles. The second-order valence-corrected chi connectivity index (χ2v) is 7.08. The van der Waals surface area contributed by atoms with Gasteiger partial charge in [-0.1, -0.05) is 17.7 Å². The molecule has 2 rings (SSSR count). The predicted octanol–water partition coefficient (Wildman–Crippen LogP) is 2.28. The monoisotopic (exact) mass is 339 g/mol. The summed E-state index contributed by atoms with van der Waals surface area (Å²) in [5.41, 5.74) is 0.740. The maximum Gasteiger partial charge on any atom is 0.281 e. The predicted molar refractivity (Wildman–Crippen MR) is 90.3 cm³/mol. The van der Waals surface area contributed by atoms with E-state index in [4.69, 9.17) is 11.6 Å². The third kappa shape index (κ3) is 4.39. The van der Waals surface area contributed by atoms with Crippen molar-refractivity contribution in [2.24, 2.45) is 4.99 Å². The van der Waals surface area contributed by atoms with Crippen LogP contribution in [0.1, 0.15) is 26.3 Å². The lowest BCUT2D eigenvalue weighted by atomic mass is 10.0. The number of rotatable bonds is 3. The number of likely N-dealkylation sites (N-methyl/N-ethyl adjacent to an activating group) is 1. The fraction of sp³-hybridized carbons (Fsp3) is 0.600. The Morgan fingerprint density at radius 2 is 2.17 bits per heavy atom. The van der Waals surface area contributed by atoms with Crippen LogP contribution in [0.2, 0.25) is 5.15 Å². The summed E-state index contributed by atoms with van der Waals surface area (Å²) in [6.07, 6.45) is 1.64. The molecule has 2 heterocycles. The van der Waals surface area contributed by atoms with E-state index >= 15 is 0 Å². The molecule has 0 aromatic carbocycles. The highest BCUT2D eigenvalue weighted by Crippen LogP contribution is 2.20. The van der Waals surface area contributed by atoms with Gasteiger partial charge in [-0.25, -0.2) is 4.98 Å². The quantitative estimate of drug-likeness (QED) is 0.480. The molecule has 1 fully saturated rings. The summed E-state index contributed by atoms with van der Waals surface area (Å²) in [5.74, 6) is 0.505. The summed E-state index contributed by atoms with van der Waals surface area (Å²) in [5, 5.41) is 11.9. The molecule has 0 saturated carbocycles. The number of hydrogen-bond acceptors (Lipinski definition) is 5. The fourth-order valence-electron chi connectivity index (χ4n) is 2.48. The molecule has 1 unspecified atom stereocenters. The minimum atomic E-state index is -0.826. The van der Waals surface area contributed by atoms with Crippen molar-refractivity contribution in [3.05, 3.63) is 39.2 Å². The van der Waals surface area contributed by atoms with Crippen molar-refractivity contribution in [3.63, 3.8) is 0 Å². The van der Waals surface area contributed by atoms with Gasteiger partial charge < -0.3 is 4.90 Å². The first kappa shape index (κ1) is 17.6. The van der Waals surface area contributed by atoms with Gasteiger partial charge in [0, 0.05) is 23.7 Å². The lowest BCUT2D eigenvalue weighted by Crippen LogP contribution is -2.61. The second-order valence-electron chi connectivity index (χ2n) is 6.70. The Labute approximate surface area is 141 Å². The number of halogens is 1. The van der Waals surface area contributed by atoms with E-state index in [9.17, 15) is 10.1 Å². The molecule has 1 aliphatic rings. The number of hydrogen-bond donors (Lipinski definition) is 0. The first-order valence-electron chi connectivity index (χ1n) is 7.43. The number of nitrogens with zero attached hydrogens (tertiary/aromatic N) is 5. The topological polar surface area (TPSA) is 74.9 Å². The number of aromatic nitrogens is 1. The highest BCUT2D eigenvalue weighted by atomic mass is 35.5. The van der Waals surface area contributed by atoms with Gasteiger partial charge in [0.2, 0.25) is 0 Å². The molecule has 1 atom stereocenters. The van der Waals surface area contributed by atoms with Crippen molar-refractivity contribution in [3.8, 4) is 0 Å². The lowest BCUT2D eigenvalue weighted by Gasteiger charge is -2.43. The van der Waals surface area contributed by atoms with Crippen LogP contribution in [0.15, 0.2) is 23.3 Å². The molecular weight excluding hydrogens is 318 g/mol. The van der Waals surface area contributed by atoms with E-state index in [1.165, 1.54) is 0 Å². The van der Waals surface area contributed by atoms with Crippen LogP contribution in [0.5, 0.6) is 0 Å². The van der Waals surface area contributed by atoms with Crippen LogP contribution < -0.4 is 0 Å². The molecular formula is C15H22ClN5O2. The molecule has 126 valence electrons. The average molecular weight is 340 g/mol. The van der Waals surface area contributed by atoms with Crippen molar-refractivity contribution in [2.45, 2.75) is 38.9 Å². The molecule has 0 N–H and O–H groups in total. The van der Waals surface area contributed by atoms with Gasteiger partial charge in [0.1, 0.15) is 5.15 Å². The minimum absolute atomic E-state index is 0.131. The van der Waals surface area contributed by atoms with Gasteiger partial charge in [-0.2, -0.15) is 0 Å². The standard InChI is InChI=1S/C15H22ClN5O2/c1-15(2,3)20-9-12(21(22)23)14(19(4)10-20)18-8-11-5-6-13(16)17-7-11/h5-7,12H,8-10H2,1-4H3. The van der Waals surface area contributed by atoms with Gasteiger partial charge in [-0.3, -0.25) is 20.0 Å². The van der Waals surface area contributed by atoms with Crippen molar-refractivity contribution < 1.29 is 4.92 Å². The lowest BCUT2D eigenvalue weighted by molar-refractivity contribution is -0.507. The molecule has 7 nitrogen and oxygen atoms in total. The summed E-state index contributed by atoms with van der Waals surface area (Å²) in [7, 11) is 1.84. The fourth-order valence-corrected chi connectivity index (χ4v) is 2.59. The summed E-state index contributed by atoms with van der Waals surface area (Å²) in [6, 6.07) is 2.69. The van der Waals surface area contributed by atoms with Crippen LogP contribution in [0.25, 0.3) is 0 Å². The van der Waals surface area contributed by atoms with Gasteiger partial charge in [0.25, 0.3) is 6.04 Å². The number of amidine groups is 1. The molecule has 0 aliphatic carbocycles. The number of nitro groups is 1.